The lowest BCUT2D eigenvalue weighted by Gasteiger charge is -2.09. The van der Waals surface area contributed by atoms with Gasteiger partial charge in [0.05, 0.1) is 27.4 Å². The van der Waals surface area contributed by atoms with Crippen LogP contribution in [0.3, 0.4) is 0 Å². The normalized spacial score (nSPS) is 13.4. The average molecular weight is 383 g/mol. The van der Waals surface area contributed by atoms with Gasteiger partial charge in [-0.15, -0.1) is 0 Å². The van der Waals surface area contributed by atoms with Gasteiger partial charge in [0.25, 0.3) is 0 Å². The Labute approximate surface area is 162 Å². The molecule has 6 heteroatoms. The summed E-state index contributed by atoms with van der Waals surface area (Å²) in [6.45, 7) is 0.894. The van der Waals surface area contributed by atoms with Crippen molar-refractivity contribution >= 4 is 29.0 Å². The number of hydrogen-bond donors (Lipinski definition) is 1. The van der Waals surface area contributed by atoms with Crippen molar-refractivity contribution in [3.8, 4) is 23.0 Å². The molecule has 1 aliphatic heterocycles. The zero-order chi connectivity index (χ0) is 18.1. The molecule has 2 aromatic carbocycles. The number of nitrogens with zero attached hydrogens (tertiary/aromatic N) is 3. The van der Waals surface area contributed by atoms with Crippen LogP contribution >= 0.6 is 23.2 Å². The summed E-state index contributed by atoms with van der Waals surface area (Å²) < 4.78 is 1.89. The number of nitrogens with one attached hydrogen (secondary N) is 1. The molecule has 130 valence electrons. The smallest absolute Gasteiger partial charge is 0.133 e. The quantitative estimate of drug-likeness (QED) is 0.639. The molecule has 1 N–H and O–H groups in total. The molecule has 1 aliphatic rings. The highest BCUT2D eigenvalue weighted by Crippen LogP contribution is 2.40. The molecule has 2 heterocycles. The maximum atomic E-state index is 9.03. The van der Waals surface area contributed by atoms with E-state index in [4.69, 9.17) is 33.6 Å². The van der Waals surface area contributed by atoms with Crippen LogP contribution < -0.4 is 5.32 Å². The first kappa shape index (κ1) is 17.0. The van der Waals surface area contributed by atoms with Gasteiger partial charge >= 0.3 is 0 Å². The Hall–Kier alpha value is -2.48. The molecule has 0 saturated carbocycles. The van der Waals surface area contributed by atoms with Crippen molar-refractivity contribution in [2.24, 2.45) is 0 Å². The zero-order valence-corrected chi connectivity index (χ0v) is 15.5. The molecule has 26 heavy (non-hydrogen) atoms. The van der Waals surface area contributed by atoms with Crippen LogP contribution in [0.5, 0.6) is 0 Å². The number of nitriles is 1. The van der Waals surface area contributed by atoms with Crippen molar-refractivity contribution in [1.29, 1.82) is 5.26 Å². The van der Waals surface area contributed by atoms with E-state index in [9.17, 15) is 0 Å². The second-order valence-electron chi connectivity index (χ2n) is 6.23. The molecule has 1 aromatic heterocycles. The van der Waals surface area contributed by atoms with Gasteiger partial charge in [-0.2, -0.15) is 10.4 Å². The van der Waals surface area contributed by atoms with E-state index in [1.807, 2.05) is 35.0 Å². The Morgan fingerprint density at radius 3 is 2.46 bits per heavy atom. The van der Waals surface area contributed by atoms with Gasteiger partial charge in [-0.3, -0.25) is 0 Å². The highest BCUT2D eigenvalue weighted by atomic mass is 35.5. The van der Waals surface area contributed by atoms with Gasteiger partial charge in [-0.05, 0) is 55.7 Å². The van der Waals surface area contributed by atoms with E-state index in [0.29, 0.717) is 15.6 Å². The van der Waals surface area contributed by atoms with E-state index in [1.54, 1.807) is 12.1 Å². The number of halogens is 2. The lowest BCUT2D eigenvalue weighted by atomic mass is 10.0. The fourth-order valence-corrected chi connectivity index (χ4v) is 3.87. The van der Waals surface area contributed by atoms with E-state index in [2.05, 4.69) is 11.4 Å². The third-order valence-electron chi connectivity index (χ3n) is 4.57. The number of anilines is 1. The molecule has 0 unspecified atom stereocenters. The van der Waals surface area contributed by atoms with Crippen LogP contribution in [0.4, 0.5) is 5.82 Å². The Balaban J connectivity index is 1.93. The van der Waals surface area contributed by atoms with Crippen molar-refractivity contribution in [2.75, 3.05) is 11.9 Å². The van der Waals surface area contributed by atoms with E-state index in [0.717, 1.165) is 54.1 Å². The van der Waals surface area contributed by atoms with Gasteiger partial charge < -0.3 is 5.32 Å². The molecule has 4 rings (SSSR count). The Bertz CT molecular complexity index is 980. The number of fused-ring (bicyclic) bond motifs is 1. The third-order valence-corrected chi connectivity index (χ3v) is 5.20. The fraction of sp³-hybridized carbons (Fsp3) is 0.200. The maximum absolute atomic E-state index is 9.03. The number of benzene rings is 2. The number of hydrogen-bond acceptors (Lipinski definition) is 3. The van der Waals surface area contributed by atoms with Crippen LogP contribution in [0.15, 0.2) is 42.5 Å². The monoisotopic (exact) mass is 382 g/mol. The van der Waals surface area contributed by atoms with Crippen LogP contribution in [0.1, 0.15) is 24.0 Å². The van der Waals surface area contributed by atoms with Gasteiger partial charge in [0.1, 0.15) is 11.5 Å². The minimum Gasteiger partial charge on any atom is -0.370 e. The van der Waals surface area contributed by atoms with Crippen molar-refractivity contribution < 1.29 is 0 Å². The topological polar surface area (TPSA) is 53.6 Å². The summed E-state index contributed by atoms with van der Waals surface area (Å²) >= 11 is 12.9. The van der Waals surface area contributed by atoms with Crippen LogP contribution in [0.2, 0.25) is 10.0 Å². The molecular formula is C20H16Cl2N4. The minimum atomic E-state index is 0.592. The molecule has 0 bridgehead atoms. The highest BCUT2D eigenvalue weighted by Gasteiger charge is 2.24. The zero-order valence-electron chi connectivity index (χ0n) is 14.0. The van der Waals surface area contributed by atoms with Gasteiger partial charge in [0.15, 0.2) is 0 Å². The molecule has 0 radical (unpaired) electrons. The molecule has 0 atom stereocenters. The first-order valence-electron chi connectivity index (χ1n) is 8.49. The molecule has 0 spiro atoms. The third kappa shape index (κ3) is 2.94. The second kappa shape index (κ2) is 7.03. The first-order valence-corrected chi connectivity index (χ1v) is 9.25. The van der Waals surface area contributed by atoms with Crippen LogP contribution in [-0.4, -0.2) is 16.3 Å². The molecular weight excluding hydrogens is 367 g/mol. The molecule has 0 aliphatic carbocycles. The SMILES string of the molecule is N#Cc1ccc(-n2nc(-c3c(Cl)cccc3Cl)c3c2NCCCC3)cc1. The maximum Gasteiger partial charge on any atom is 0.133 e. The predicted molar refractivity (Wildman–Crippen MR) is 105 cm³/mol. The van der Waals surface area contributed by atoms with Crippen molar-refractivity contribution in [2.45, 2.75) is 19.3 Å². The second-order valence-corrected chi connectivity index (χ2v) is 7.04. The van der Waals surface area contributed by atoms with E-state index in [-0.39, 0.29) is 0 Å². The predicted octanol–water partition coefficient (Wildman–Crippen LogP) is 5.47. The van der Waals surface area contributed by atoms with Crippen LogP contribution in [0.25, 0.3) is 16.9 Å². The lowest BCUT2D eigenvalue weighted by molar-refractivity contribution is 0.780. The number of rotatable bonds is 2. The number of aromatic nitrogens is 2. The van der Waals surface area contributed by atoms with Gasteiger partial charge in [0, 0.05) is 17.7 Å². The van der Waals surface area contributed by atoms with Crippen molar-refractivity contribution in [3.63, 3.8) is 0 Å². The lowest BCUT2D eigenvalue weighted by Crippen LogP contribution is -2.07. The molecule has 0 saturated heterocycles. The van der Waals surface area contributed by atoms with E-state index >= 15 is 0 Å². The van der Waals surface area contributed by atoms with Gasteiger partial charge in [-0.25, -0.2) is 4.68 Å². The summed E-state index contributed by atoms with van der Waals surface area (Å²) in [4.78, 5) is 0. The van der Waals surface area contributed by atoms with Crippen molar-refractivity contribution in [3.05, 3.63) is 63.6 Å². The summed E-state index contributed by atoms with van der Waals surface area (Å²) in [6, 6.07) is 15.0. The summed E-state index contributed by atoms with van der Waals surface area (Å²) in [5, 5.41) is 18.6. The van der Waals surface area contributed by atoms with Crippen LogP contribution in [0, 0.1) is 11.3 Å². The minimum absolute atomic E-state index is 0.592. The van der Waals surface area contributed by atoms with Gasteiger partial charge in [-0.1, -0.05) is 29.3 Å². The molecule has 4 nitrogen and oxygen atoms in total. The molecule has 3 aromatic rings. The van der Waals surface area contributed by atoms with E-state index < -0.39 is 0 Å². The van der Waals surface area contributed by atoms with Crippen LogP contribution in [-0.2, 0) is 6.42 Å². The van der Waals surface area contributed by atoms with E-state index in [1.165, 1.54) is 0 Å². The highest BCUT2D eigenvalue weighted by molar-refractivity contribution is 6.39. The van der Waals surface area contributed by atoms with Gasteiger partial charge in [0.2, 0.25) is 0 Å². The first-order chi connectivity index (χ1) is 12.7. The Morgan fingerprint density at radius 2 is 1.77 bits per heavy atom. The summed E-state index contributed by atoms with van der Waals surface area (Å²) in [5.74, 6) is 0.971. The molecule has 0 fully saturated rings. The summed E-state index contributed by atoms with van der Waals surface area (Å²) in [6.07, 6.45) is 3.08. The fourth-order valence-electron chi connectivity index (χ4n) is 3.29. The largest absolute Gasteiger partial charge is 0.370 e. The summed E-state index contributed by atoms with van der Waals surface area (Å²) in [5.41, 5.74) is 4.22. The summed E-state index contributed by atoms with van der Waals surface area (Å²) in [7, 11) is 0. The average Bonchev–Trinajstić information content (AvgIpc) is 2.83. The molecule has 0 amide bonds. The standard InChI is InChI=1S/C20H16Cl2N4/c21-16-5-3-6-17(22)18(16)19-15-4-1-2-11-24-20(15)26(25-19)14-9-7-13(12-23)8-10-14/h3,5-10,24H,1-2,4,11H2. The Morgan fingerprint density at radius 1 is 1.04 bits per heavy atom. The van der Waals surface area contributed by atoms with Crippen molar-refractivity contribution in [1.82, 2.24) is 9.78 Å². The Kier molecular flexibility index (Phi) is 4.58.